The first kappa shape index (κ1) is 17.9. The number of fused-ring (bicyclic) bond motifs is 2. The first-order valence-corrected chi connectivity index (χ1v) is 9.73. The number of amides is 1. The molecule has 2 atom stereocenters. The lowest BCUT2D eigenvalue weighted by Crippen LogP contribution is -2.55. The van der Waals surface area contributed by atoms with Gasteiger partial charge in [-0.3, -0.25) is 9.48 Å². The molecule has 0 saturated heterocycles. The van der Waals surface area contributed by atoms with Crippen LogP contribution in [0.25, 0.3) is 10.9 Å². The summed E-state index contributed by atoms with van der Waals surface area (Å²) in [6, 6.07) is 5.47. The third-order valence-electron chi connectivity index (χ3n) is 5.98. The monoisotopic (exact) mass is 392 g/mol. The van der Waals surface area contributed by atoms with E-state index in [-0.39, 0.29) is 5.91 Å². The van der Waals surface area contributed by atoms with Gasteiger partial charge in [0.25, 0.3) is 5.91 Å². The van der Waals surface area contributed by atoms with Crippen LogP contribution >= 0.6 is 0 Å². The van der Waals surface area contributed by atoms with E-state index in [4.69, 9.17) is 10.8 Å². The van der Waals surface area contributed by atoms with Gasteiger partial charge in [0.1, 0.15) is 11.6 Å². The number of anilines is 2. The number of rotatable bonds is 4. The molecular weight excluding hydrogens is 368 g/mol. The van der Waals surface area contributed by atoms with Gasteiger partial charge in [-0.1, -0.05) is 0 Å². The average Bonchev–Trinajstić information content (AvgIpc) is 3.51. The summed E-state index contributed by atoms with van der Waals surface area (Å²) in [6.45, 7) is 2.05. The highest BCUT2D eigenvalue weighted by Crippen LogP contribution is 2.45. The number of nitrogens with two attached hydrogens (primary N) is 1. The van der Waals surface area contributed by atoms with Crippen LogP contribution in [0.15, 0.2) is 30.6 Å². The zero-order chi connectivity index (χ0) is 20.3. The quantitative estimate of drug-likeness (QED) is 0.617. The SMILES string of the molecule is CN1c2ncccc2C(=O)NC1Nc1cc2c(C(C)(N)C3CC3)nn(C)c2cn1. The molecule has 150 valence electrons. The normalized spacial score (nSPS) is 20.9. The molecule has 1 saturated carbocycles. The maximum Gasteiger partial charge on any atom is 0.258 e. The molecule has 1 fully saturated rings. The van der Waals surface area contributed by atoms with E-state index in [9.17, 15) is 4.79 Å². The van der Waals surface area contributed by atoms with Crippen molar-refractivity contribution in [2.45, 2.75) is 31.6 Å². The third-order valence-corrected chi connectivity index (χ3v) is 5.98. The molecule has 2 aliphatic rings. The summed E-state index contributed by atoms with van der Waals surface area (Å²) in [5, 5.41) is 11.9. The molecule has 0 aromatic carbocycles. The van der Waals surface area contributed by atoms with Crippen molar-refractivity contribution in [3.8, 4) is 0 Å². The summed E-state index contributed by atoms with van der Waals surface area (Å²) in [4.78, 5) is 23.2. The minimum Gasteiger partial charge on any atom is -0.333 e. The van der Waals surface area contributed by atoms with Crippen molar-refractivity contribution in [3.05, 3.63) is 41.9 Å². The summed E-state index contributed by atoms with van der Waals surface area (Å²) >= 11 is 0. The number of carbonyl (C=O) groups is 1. The van der Waals surface area contributed by atoms with E-state index < -0.39 is 11.8 Å². The number of aryl methyl sites for hydroxylation is 1. The van der Waals surface area contributed by atoms with Gasteiger partial charge in [-0.15, -0.1) is 0 Å². The fourth-order valence-corrected chi connectivity index (χ4v) is 4.06. The van der Waals surface area contributed by atoms with Crippen molar-refractivity contribution in [3.63, 3.8) is 0 Å². The first-order valence-electron chi connectivity index (χ1n) is 9.73. The van der Waals surface area contributed by atoms with E-state index >= 15 is 0 Å². The van der Waals surface area contributed by atoms with Gasteiger partial charge in [0.15, 0.2) is 6.29 Å². The average molecular weight is 392 g/mol. The Morgan fingerprint density at radius 1 is 1.31 bits per heavy atom. The summed E-state index contributed by atoms with van der Waals surface area (Å²) in [5.74, 6) is 1.54. The van der Waals surface area contributed by atoms with Gasteiger partial charge in [-0.2, -0.15) is 5.10 Å². The predicted octanol–water partition coefficient (Wildman–Crippen LogP) is 1.52. The number of pyridine rings is 2. The zero-order valence-corrected chi connectivity index (χ0v) is 16.7. The predicted molar refractivity (Wildman–Crippen MR) is 110 cm³/mol. The number of nitrogens with zero attached hydrogens (tertiary/aromatic N) is 5. The number of carbonyl (C=O) groups excluding carboxylic acids is 1. The molecule has 3 aromatic heterocycles. The Hall–Kier alpha value is -3.20. The molecule has 1 aliphatic heterocycles. The Labute approximate surface area is 168 Å². The lowest BCUT2D eigenvalue weighted by molar-refractivity contribution is 0.0933. The molecule has 3 aromatic rings. The first-order chi connectivity index (χ1) is 13.9. The largest absolute Gasteiger partial charge is 0.333 e. The number of nitrogens with one attached hydrogen (secondary N) is 2. The molecule has 1 aliphatic carbocycles. The maximum absolute atomic E-state index is 12.4. The van der Waals surface area contributed by atoms with Crippen LogP contribution < -0.4 is 21.3 Å². The van der Waals surface area contributed by atoms with Crippen LogP contribution in [0.5, 0.6) is 0 Å². The van der Waals surface area contributed by atoms with E-state index in [0.717, 1.165) is 29.4 Å². The Bertz CT molecular complexity index is 1120. The Kier molecular flexibility index (Phi) is 3.79. The molecule has 0 bridgehead atoms. The van der Waals surface area contributed by atoms with Crippen molar-refractivity contribution in [1.82, 2.24) is 25.1 Å². The van der Waals surface area contributed by atoms with Gasteiger partial charge in [0.2, 0.25) is 0 Å². The molecule has 9 heteroatoms. The summed E-state index contributed by atoms with van der Waals surface area (Å²) in [6.07, 6.45) is 5.26. The van der Waals surface area contributed by atoms with Crippen LogP contribution in [0.1, 0.15) is 35.8 Å². The smallest absolute Gasteiger partial charge is 0.258 e. The Balaban J connectivity index is 1.49. The van der Waals surface area contributed by atoms with Crippen LogP contribution in [0.4, 0.5) is 11.6 Å². The molecule has 29 heavy (non-hydrogen) atoms. The number of hydrogen-bond acceptors (Lipinski definition) is 7. The van der Waals surface area contributed by atoms with Gasteiger partial charge in [0, 0.05) is 25.7 Å². The van der Waals surface area contributed by atoms with Crippen LogP contribution in [0, 0.1) is 5.92 Å². The molecular formula is C20H24N8O. The van der Waals surface area contributed by atoms with E-state index in [1.165, 1.54) is 0 Å². The lowest BCUT2D eigenvalue weighted by atomic mass is 9.91. The molecule has 9 nitrogen and oxygen atoms in total. The summed E-state index contributed by atoms with van der Waals surface area (Å²) in [5.41, 5.74) is 8.55. The standard InChI is InChI=1S/C20H24N8O/c1-20(21,11-6-7-11)16-13-9-15(23-10-14(13)28(3)26-16)24-19-25-18(29)12-5-4-8-22-17(12)27(19)2/h4-5,8-11,19H,6-7,21H2,1-3H3,(H,23,24)(H,25,29). The van der Waals surface area contributed by atoms with Crippen LogP contribution in [0.2, 0.25) is 0 Å². The molecule has 0 radical (unpaired) electrons. The van der Waals surface area contributed by atoms with Crippen molar-refractivity contribution in [1.29, 1.82) is 0 Å². The van der Waals surface area contributed by atoms with E-state index in [1.807, 2.05) is 29.7 Å². The second kappa shape index (κ2) is 6.15. The molecule has 4 N–H and O–H groups in total. The van der Waals surface area contributed by atoms with Gasteiger partial charge in [-0.05, 0) is 43.9 Å². The Morgan fingerprint density at radius 2 is 2.10 bits per heavy atom. The van der Waals surface area contributed by atoms with E-state index in [0.29, 0.717) is 23.1 Å². The lowest BCUT2D eigenvalue weighted by Gasteiger charge is -2.35. The fourth-order valence-electron chi connectivity index (χ4n) is 4.06. The van der Waals surface area contributed by atoms with Crippen LogP contribution in [-0.2, 0) is 12.6 Å². The van der Waals surface area contributed by atoms with Crippen molar-refractivity contribution >= 4 is 28.4 Å². The highest BCUT2D eigenvalue weighted by atomic mass is 16.2. The fraction of sp³-hybridized carbons (Fsp3) is 0.400. The number of hydrogen-bond donors (Lipinski definition) is 3. The van der Waals surface area contributed by atoms with Crippen molar-refractivity contribution < 1.29 is 4.79 Å². The maximum atomic E-state index is 12.4. The van der Waals surface area contributed by atoms with Crippen LogP contribution in [0.3, 0.4) is 0 Å². The number of aromatic nitrogens is 4. The van der Waals surface area contributed by atoms with Gasteiger partial charge < -0.3 is 21.3 Å². The van der Waals surface area contributed by atoms with Gasteiger partial charge >= 0.3 is 0 Å². The molecule has 0 spiro atoms. The van der Waals surface area contributed by atoms with Gasteiger partial charge in [-0.25, -0.2) is 9.97 Å². The zero-order valence-electron chi connectivity index (χ0n) is 16.7. The molecule has 1 amide bonds. The highest BCUT2D eigenvalue weighted by Gasteiger charge is 2.42. The highest BCUT2D eigenvalue weighted by molar-refractivity contribution is 6.01. The summed E-state index contributed by atoms with van der Waals surface area (Å²) < 4.78 is 1.82. The van der Waals surface area contributed by atoms with Gasteiger partial charge in [0.05, 0.1) is 28.5 Å². The topological polar surface area (TPSA) is 114 Å². The Morgan fingerprint density at radius 3 is 2.86 bits per heavy atom. The second-order valence-corrected chi connectivity index (χ2v) is 8.12. The van der Waals surface area contributed by atoms with Crippen molar-refractivity contribution in [2.75, 3.05) is 17.3 Å². The molecule has 2 unspecified atom stereocenters. The second-order valence-electron chi connectivity index (χ2n) is 8.12. The minimum absolute atomic E-state index is 0.171. The van der Waals surface area contributed by atoms with E-state index in [1.54, 1.807) is 24.5 Å². The van der Waals surface area contributed by atoms with E-state index in [2.05, 4.69) is 27.5 Å². The van der Waals surface area contributed by atoms with Crippen LogP contribution in [-0.4, -0.2) is 39.0 Å². The molecule has 5 rings (SSSR count). The third kappa shape index (κ3) is 2.80. The molecule has 4 heterocycles. The minimum atomic E-state index is -0.475. The summed E-state index contributed by atoms with van der Waals surface area (Å²) in [7, 11) is 3.78. The van der Waals surface area contributed by atoms with Crippen molar-refractivity contribution in [2.24, 2.45) is 18.7 Å².